The van der Waals surface area contributed by atoms with Gasteiger partial charge in [0.1, 0.15) is 6.34 Å². The van der Waals surface area contributed by atoms with Crippen molar-refractivity contribution in [2.75, 3.05) is 0 Å². The third kappa shape index (κ3) is 3.01. The third-order valence-electron chi connectivity index (χ3n) is 3.51. The fourth-order valence-electron chi connectivity index (χ4n) is 2.43. The van der Waals surface area contributed by atoms with Crippen molar-refractivity contribution in [3.05, 3.63) is 96.1 Å². The van der Waals surface area contributed by atoms with Crippen LogP contribution >= 0.6 is 0 Å². The first-order valence-corrected chi connectivity index (χ1v) is 7.16. The Balaban J connectivity index is 1.97. The maximum atomic E-state index is 7.30. The van der Waals surface area contributed by atoms with E-state index in [0.29, 0.717) is 0 Å². The van der Waals surface area contributed by atoms with Gasteiger partial charge in [0, 0.05) is 11.1 Å². The van der Waals surface area contributed by atoms with Crippen LogP contribution in [-0.4, -0.2) is 12.1 Å². The summed E-state index contributed by atoms with van der Waals surface area (Å²) in [6, 6.07) is 28.5. The summed E-state index contributed by atoms with van der Waals surface area (Å²) in [6.07, 6.45) is 1.09. The second-order valence-corrected chi connectivity index (χ2v) is 4.92. The Hall–Kier alpha value is -3.00. The van der Waals surface area contributed by atoms with Gasteiger partial charge < -0.3 is 0 Å². The van der Waals surface area contributed by atoms with E-state index in [1.807, 2.05) is 48.5 Å². The quantitative estimate of drug-likeness (QED) is 0.528. The molecule has 0 atom stereocenters. The number of hydrogen-bond donors (Lipinski definition) is 1. The van der Waals surface area contributed by atoms with Crippen molar-refractivity contribution in [2.24, 2.45) is 4.99 Å². The molecule has 106 valence electrons. The molecular formula is C20H16N2. The Morgan fingerprint density at radius 1 is 0.636 bits per heavy atom. The van der Waals surface area contributed by atoms with E-state index in [9.17, 15) is 0 Å². The van der Waals surface area contributed by atoms with Gasteiger partial charge in [0.05, 0.1) is 5.71 Å². The van der Waals surface area contributed by atoms with Crippen molar-refractivity contribution in [2.45, 2.75) is 0 Å². The van der Waals surface area contributed by atoms with Crippen molar-refractivity contribution < 1.29 is 0 Å². The van der Waals surface area contributed by atoms with Gasteiger partial charge in [-0.1, -0.05) is 84.9 Å². The molecule has 22 heavy (non-hydrogen) atoms. The Labute approximate surface area is 130 Å². The molecule has 0 aliphatic rings. The zero-order valence-electron chi connectivity index (χ0n) is 12.1. The van der Waals surface area contributed by atoms with Crippen molar-refractivity contribution in [3.63, 3.8) is 0 Å². The zero-order valence-corrected chi connectivity index (χ0v) is 12.1. The van der Waals surface area contributed by atoms with Crippen LogP contribution in [0.1, 0.15) is 11.1 Å². The van der Waals surface area contributed by atoms with Gasteiger partial charge in [0.15, 0.2) is 0 Å². The molecule has 3 aromatic rings. The number of rotatable bonds is 4. The van der Waals surface area contributed by atoms with E-state index in [2.05, 4.69) is 41.4 Å². The van der Waals surface area contributed by atoms with E-state index in [1.54, 1.807) is 0 Å². The SMILES string of the molecule is N=CN=C(c1ccccc1)c1ccc(-c2ccccc2)cc1. The van der Waals surface area contributed by atoms with Crippen LogP contribution in [0.2, 0.25) is 0 Å². The van der Waals surface area contributed by atoms with Crippen LogP contribution in [0.3, 0.4) is 0 Å². The summed E-state index contributed by atoms with van der Waals surface area (Å²) < 4.78 is 0. The maximum Gasteiger partial charge on any atom is 0.107 e. The fourth-order valence-corrected chi connectivity index (χ4v) is 2.43. The highest BCUT2D eigenvalue weighted by Crippen LogP contribution is 2.20. The summed E-state index contributed by atoms with van der Waals surface area (Å²) in [5.41, 5.74) is 5.20. The van der Waals surface area contributed by atoms with Crippen LogP contribution in [0.15, 0.2) is 89.9 Å². The number of benzene rings is 3. The second kappa shape index (κ2) is 6.64. The normalized spacial score (nSPS) is 11.2. The monoisotopic (exact) mass is 284 g/mol. The summed E-state index contributed by atoms with van der Waals surface area (Å²) >= 11 is 0. The van der Waals surface area contributed by atoms with Crippen molar-refractivity contribution in [1.29, 1.82) is 5.41 Å². The summed E-state index contributed by atoms with van der Waals surface area (Å²) in [5, 5.41) is 7.30. The first-order valence-electron chi connectivity index (χ1n) is 7.16. The van der Waals surface area contributed by atoms with Crippen LogP contribution in [0.5, 0.6) is 0 Å². The number of hydrogen-bond acceptors (Lipinski definition) is 1. The van der Waals surface area contributed by atoms with Crippen molar-refractivity contribution in [1.82, 2.24) is 0 Å². The highest BCUT2D eigenvalue weighted by molar-refractivity contribution is 6.15. The lowest BCUT2D eigenvalue weighted by Gasteiger charge is -2.08. The molecule has 2 heteroatoms. The molecule has 0 spiro atoms. The zero-order chi connectivity index (χ0) is 15.2. The Morgan fingerprint density at radius 3 is 1.73 bits per heavy atom. The minimum Gasteiger partial charge on any atom is -0.290 e. The first kappa shape index (κ1) is 14.0. The van der Waals surface area contributed by atoms with Gasteiger partial charge in [0.25, 0.3) is 0 Å². The molecule has 0 fully saturated rings. The van der Waals surface area contributed by atoms with Crippen molar-refractivity contribution in [3.8, 4) is 11.1 Å². The van der Waals surface area contributed by atoms with Crippen LogP contribution in [0.25, 0.3) is 11.1 Å². The molecule has 3 rings (SSSR count). The Kier molecular flexibility index (Phi) is 4.21. The van der Waals surface area contributed by atoms with E-state index in [0.717, 1.165) is 23.2 Å². The number of aliphatic imine (C=N–C) groups is 1. The highest BCUT2D eigenvalue weighted by Gasteiger charge is 2.06. The van der Waals surface area contributed by atoms with Gasteiger partial charge in [-0.3, -0.25) is 5.41 Å². The van der Waals surface area contributed by atoms with E-state index in [1.165, 1.54) is 11.1 Å². The summed E-state index contributed by atoms with van der Waals surface area (Å²) in [5.74, 6) is 0. The molecular weight excluding hydrogens is 268 g/mol. The molecule has 0 aliphatic carbocycles. The lowest BCUT2D eigenvalue weighted by atomic mass is 9.99. The van der Waals surface area contributed by atoms with E-state index < -0.39 is 0 Å². The summed E-state index contributed by atoms with van der Waals surface area (Å²) in [7, 11) is 0. The van der Waals surface area contributed by atoms with Crippen LogP contribution in [0, 0.1) is 5.41 Å². The van der Waals surface area contributed by atoms with Gasteiger partial charge in [-0.15, -0.1) is 0 Å². The van der Waals surface area contributed by atoms with Gasteiger partial charge in [-0.2, -0.15) is 0 Å². The lowest BCUT2D eigenvalue weighted by Crippen LogP contribution is -2.03. The molecule has 0 radical (unpaired) electrons. The molecule has 3 aromatic carbocycles. The van der Waals surface area contributed by atoms with Gasteiger partial charge in [-0.25, -0.2) is 4.99 Å². The fraction of sp³-hybridized carbons (Fsp3) is 0. The molecule has 0 unspecified atom stereocenters. The van der Waals surface area contributed by atoms with E-state index in [4.69, 9.17) is 5.41 Å². The van der Waals surface area contributed by atoms with Crippen LogP contribution in [-0.2, 0) is 0 Å². The molecule has 0 bridgehead atoms. The van der Waals surface area contributed by atoms with Crippen molar-refractivity contribution >= 4 is 12.1 Å². The Morgan fingerprint density at radius 2 is 1.14 bits per heavy atom. The van der Waals surface area contributed by atoms with Gasteiger partial charge >= 0.3 is 0 Å². The molecule has 0 amide bonds. The summed E-state index contributed by atoms with van der Waals surface area (Å²) in [6.45, 7) is 0. The Bertz CT molecular complexity index is 773. The predicted octanol–water partition coefficient (Wildman–Crippen LogP) is 4.80. The minimum absolute atomic E-state index is 0.815. The smallest absolute Gasteiger partial charge is 0.107 e. The lowest BCUT2D eigenvalue weighted by molar-refractivity contribution is 1.49. The van der Waals surface area contributed by atoms with Crippen LogP contribution in [0.4, 0.5) is 0 Å². The third-order valence-corrected chi connectivity index (χ3v) is 3.51. The van der Waals surface area contributed by atoms with E-state index >= 15 is 0 Å². The van der Waals surface area contributed by atoms with E-state index in [-0.39, 0.29) is 0 Å². The topological polar surface area (TPSA) is 36.2 Å². The minimum atomic E-state index is 0.815. The number of nitrogens with one attached hydrogen (secondary N) is 1. The molecule has 0 aromatic heterocycles. The van der Waals surface area contributed by atoms with Gasteiger partial charge in [-0.05, 0) is 11.1 Å². The molecule has 1 N–H and O–H groups in total. The average Bonchev–Trinajstić information content (AvgIpc) is 2.61. The molecule has 2 nitrogen and oxygen atoms in total. The molecule has 0 aliphatic heterocycles. The predicted molar refractivity (Wildman–Crippen MR) is 92.7 cm³/mol. The summed E-state index contributed by atoms with van der Waals surface area (Å²) in [4.78, 5) is 4.23. The van der Waals surface area contributed by atoms with Crippen LogP contribution < -0.4 is 0 Å². The first-order chi connectivity index (χ1) is 10.9. The average molecular weight is 284 g/mol. The molecule has 0 saturated heterocycles. The largest absolute Gasteiger partial charge is 0.290 e. The second-order valence-electron chi connectivity index (χ2n) is 4.92. The highest BCUT2D eigenvalue weighted by atomic mass is 14.8. The molecule has 0 saturated carbocycles. The van der Waals surface area contributed by atoms with Gasteiger partial charge in [0.2, 0.25) is 0 Å². The maximum absolute atomic E-state index is 7.30. The molecule has 0 heterocycles. The number of nitrogens with zero attached hydrogens (tertiary/aromatic N) is 1. The standard InChI is InChI=1S/C20H16N2/c21-15-22-20(18-9-5-2-6-10-18)19-13-11-17(12-14-19)16-7-3-1-4-8-16/h1-15,21H.